The summed E-state index contributed by atoms with van der Waals surface area (Å²) in [5.74, 6) is -0.112. The lowest BCUT2D eigenvalue weighted by Crippen LogP contribution is -2.47. The van der Waals surface area contributed by atoms with Crippen molar-refractivity contribution in [2.75, 3.05) is 6.54 Å². The number of halogens is 1. The summed E-state index contributed by atoms with van der Waals surface area (Å²) in [6.45, 7) is 6.13. The Hall–Kier alpha value is -1.06. The van der Waals surface area contributed by atoms with E-state index in [9.17, 15) is 4.79 Å². The molecule has 0 fully saturated rings. The van der Waals surface area contributed by atoms with Crippen LogP contribution in [0.1, 0.15) is 25.0 Å². The second-order valence-corrected chi connectivity index (χ2v) is 4.74. The average Bonchev–Trinajstić information content (AvgIpc) is 2.20. The molecule has 0 aliphatic rings. The molecule has 0 radical (unpaired) electrons. The van der Waals surface area contributed by atoms with Gasteiger partial charge in [0.05, 0.1) is 6.54 Å². The molecule has 1 rings (SSSR count). The molecule has 3 N–H and O–H groups in total. The van der Waals surface area contributed by atoms with Crippen molar-refractivity contribution < 1.29 is 4.79 Å². The molecule has 1 aromatic carbocycles. The van der Waals surface area contributed by atoms with E-state index in [0.717, 1.165) is 6.42 Å². The van der Waals surface area contributed by atoms with Gasteiger partial charge in [0.1, 0.15) is 0 Å². The molecule has 0 spiro atoms. The van der Waals surface area contributed by atoms with Crippen molar-refractivity contribution in [3.63, 3.8) is 0 Å². The van der Waals surface area contributed by atoms with Crippen LogP contribution < -0.4 is 11.1 Å². The summed E-state index contributed by atoms with van der Waals surface area (Å²) in [7, 11) is 0. The highest BCUT2D eigenvalue weighted by molar-refractivity contribution is 5.85. The molecule has 0 aliphatic carbocycles. The largest absolute Gasteiger partial charge is 0.350 e. The number of hydrogen-bond acceptors (Lipinski definition) is 2. The van der Waals surface area contributed by atoms with E-state index in [1.807, 2.05) is 26.0 Å². The average molecular weight is 257 g/mol. The first-order valence-corrected chi connectivity index (χ1v) is 5.50. The lowest BCUT2D eigenvalue weighted by atomic mass is 9.92. The van der Waals surface area contributed by atoms with Crippen molar-refractivity contribution in [1.82, 2.24) is 5.32 Å². The fourth-order valence-corrected chi connectivity index (χ4v) is 1.76. The third-order valence-electron chi connectivity index (χ3n) is 2.56. The number of amides is 1. The molecule has 96 valence electrons. The van der Waals surface area contributed by atoms with Crippen molar-refractivity contribution in [2.24, 2.45) is 5.73 Å². The molecule has 0 atom stereocenters. The highest BCUT2D eigenvalue weighted by Gasteiger charge is 2.20. The minimum Gasteiger partial charge on any atom is -0.350 e. The molecule has 0 bridgehead atoms. The normalized spacial score (nSPS) is 10.6. The lowest BCUT2D eigenvalue weighted by Gasteiger charge is -2.27. The van der Waals surface area contributed by atoms with E-state index < -0.39 is 0 Å². The summed E-state index contributed by atoms with van der Waals surface area (Å²) < 4.78 is 0. The molecule has 0 saturated carbocycles. The predicted molar refractivity (Wildman–Crippen MR) is 73.4 cm³/mol. The van der Waals surface area contributed by atoms with Gasteiger partial charge < -0.3 is 11.1 Å². The molecule has 0 unspecified atom stereocenters. The van der Waals surface area contributed by atoms with Crippen molar-refractivity contribution in [3.8, 4) is 0 Å². The summed E-state index contributed by atoms with van der Waals surface area (Å²) in [5, 5.41) is 2.92. The van der Waals surface area contributed by atoms with Gasteiger partial charge in [-0.25, -0.2) is 0 Å². The standard InChI is InChI=1S/C13H20N2O.ClH/c1-10-6-4-5-7-11(10)8-13(2,3)15-12(16)9-14;/h4-7H,8-9,14H2,1-3H3,(H,15,16);1H. The zero-order valence-corrected chi connectivity index (χ0v) is 11.4. The molecule has 0 saturated heterocycles. The van der Waals surface area contributed by atoms with Gasteiger partial charge in [0.2, 0.25) is 5.91 Å². The molecular weight excluding hydrogens is 236 g/mol. The zero-order valence-electron chi connectivity index (χ0n) is 10.6. The summed E-state index contributed by atoms with van der Waals surface area (Å²) in [6, 6.07) is 8.20. The second kappa shape index (κ2) is 6.62. The Kier molecular flexibility index (Phi) is 6.21. The Labute approximate surface area is 109 Å². The SMILES string of the molecule is Cc1ccccc1CC(C)(C)NC(=O)CN.Cl. The van der Waals surface area contributed by atoms with Gasteiger partial charge in [0, 0.05) is 5.54 Å². The highest BCUT2D eigenvalue weighted by Crippen LogP contribution is 2.15. The van der Waals surface area contributed by atoms with Gasteiger partial charge in [-0.2, -0.15) is 0 Å². The maximum absolute atomic E-state index is 11.3. The number of nitrogens with one attached hydrogen (secondary N) is 1. The van der Waals surface area contributed by atoms with Crippen LogP contribution in [0, 0.1) is 6.92 Å². The van der Waals surface area contributed by atoms with Crippen molar-refractivity contribution >= 4 is 18.3 Å². The first-order chi connectivity index (χ1) is 7.44. The number of carbonyl (C=O) groups is 1. The number of carbonyl (C=O) groups excluding carboxylic acids is 1. The predicted octanol–water partition coefficient (Wildman–Crippen LogP) is 1.81. The van der Waals surface area contributed by atoms with E-state index in [2.05, 4.69) is 24.4 Å². The topological polar surface area (TPSA) is 55.1 Å². The van der Waals surface area contributed by atoms with Gasteiger partial charge in [0.15, 0.2) is 0 Å². The number of hydrogen-bond donors (Lipinski definition) is 2. The minimum absolute atomic E-state index is 0. The van der Waals surface area contributed by atoms with Crippen LogP contribution >= 0.6 is 12.4 Å². The third kappa shape index (κ3) is 5.20. The van der Waals surface area contributed by atoms with E-state index in [1.165, 1.54) is 11.1 Å². The molecule has 3 nitrogen and oxygen atoms in total. The Balaban J connectivity index is 0.00000256. The summed E-state index contributed by atoms with van der Waals surface area (Å²) in [5.41, 5.74) is 7.53. The van der Waals surface area contributed by atoms with Crippen LogP contribution in [0.2, 0.25) is 0 Å². The fourth-order valence-electron chi connectivity index (χ4n) is 1.76. The van der Waals surface area contributed by atoms with E-state index in [4.69, 9.17) is 5.73 Å². The van der Waals surface area contributed by atoms with Gasteiger partial charge in [-0.1, -0.05) is 24.3 Å². The highest BCUT2D eigenvalue weighted by atomic mass is 35.5. The Morgan fingerprint density at radius 1 is 1.35 bits per heavy atom. The molecule has 0 heterocycles. The number of nitrogens with two attached hydrogens (primary N) is 1. The smallest absolute Gasteiger partial charge is 0.234 e. The first-order valence-electron chi connectivity index (χ1n) is 5.50. The van der Waals surface area contributed by atoms with Gasteiger partial charge in [0.25, 0.3) is 0 Å². The maximum Gasteiger partial charge on any atom is 0.234 e. The van der Waals surface area contributed by atoms with Crippen molar-refractivity contribution in [2.45, 2.75) is 32.7 Å². The molecule has 0 aliphatic heterocycles. The van der Waals surface area contributed by atoms with E-state index in [1.54, 1.807) is 0 Å². The summed E-state index contributed by atoms with van der Waals surface area (Å²) in [6.07, 6.45) is 0.811. The fraction of sp³-hybridized carbons (Fsp3) is 0.462. The molecule has 1 aromatic rings. The number of benzene rings is 1. The molecule has 4 heteroatoms. The summed E-state index contributed by atoms with van der Waals surface area (Å²) >= 11 is 0. The molecule has 0 aromatic heterocycles. The zero-order chi connectivity index (χ0) is 12.2. The number of rotatable bonds is 4. The lowest BCUT2D eigenvalue weighted by molar-refractivity contribution is -0.121. The van der Waals surface area contributed by atoms with Crippen LogP contribution in [-0.4, -0.2) is 18.0 Å². The van der Waals surface area contributed by atoms with Crippen LogP contribution in [0.4, 0.5) is 0 Å². The number of aryl methyl sites for hydroxylation is 1. The van der Waals surface area contributed by atoms with Crippen molar-refractivity contribution in [1.29, 1.82) is 0 Å². The van der Waals surface area contributed by atoms with Crippen LogP contribution in [0.3, 0.4) is 0 Å². The van der Waals surface area contributed by atoms with E-state index in [-0.39, 0.29) is 30.4 Å². The van der Waals surface area contributed by atoms with E-state index >= 15 is 0 Å². The second-order valence-electron chi connectivity index (χ2n) is 4.74. The van der Waals surface area contributed by atoms with Crippen LogP contribution in [0.25, 0.3) is 0 Å². The van der Waals surface area contributed by atoms with Crippen LogP contribution in [0.5, 0.6) is 0 Å². The first kappa shape index (κ1) is 15.9. The minimum atomic E-state index is -0.261. The third-order valence-corrected chi connectivity index (χ3v) is 2.56. The van der Waals surface area contributed by atoms with Gasteiger partial charge >= 0.3 is 0 Å². The van der Waals surface area contributed by atoms with Crippen LogP contribution in [0.15, 0.2) is 24.3 Å². The van der Waals surface area contributed by atoms with E-state index in [0.29, 0.717) is 0 Å². The Bertz CT molecular complexity index is 377. The van der Waals surface area contributed by atoms with Gasteiger partial charge in [-0.05, 0) is 38.3 Å². The molecule has 17 heavy (non-hydrogen) atoms. The Morgan fingerprint density at radius 3 is 2.47 bits per heavy atom. The van der Waals surface area contributed by atoms with Gasteiger partial charge in [-0.15, -0.1) is 12.4 Å². The Morgan fingerprint density at radius 2 is 1.94 bits per heavy atom. The monoisotopic (exact) mass is 256 g/mol. The summed E-state index contributed by atoms with van der Waals surface area (Å²) in [4.78, 5) is 11.3. The molecular formula is C13H21ClN2O. The quantitative estimate of drug-likeness (QED) is 0.863. The van der Waals surface area contributed by atoms with Crippen LogP contribution in [-0.2, 0) is 11.2 Å². The van der Waals surface area contributed by atoms with Gasteiger partial charge in [-0.3, -0.25) is 4.79 Å². The van der Waals surface area contributed by atoms with Crippen molar-refractivity contribution in [3.05, 3.63) is 35.4 Å². The molecule has 1 amide bonds. The maximum atomic E-state index is 11.3.